The zero-order valence-corrected chi connectivity index (χ0v) is 17.3. The van der Waals surface area contributed by atoms with E-state index in [0.717, 1.165) is 12.6 Å². The van der Waals surface area contributed by atoms with E-state index in [1.807, 2.05) is 35.2 Å². The van der Waals surface area contributed by atoms with Crippen LogP contribution in [-0.4, -0.2) is 106 Å². The number of rotatable bonds is 11. The number of carbonyl (C=O) groups is 2. The first-order valence-corrected chi connectivity index (χ1v) is 9.77. The van der Waals surface area contributed by atoms with E-state index in [-0.39, 0.29) is 12.3 Å². The summed E-state index contributed by atoms with van der Waals surface area (Å²) in [7, 11) is 5.56. The third kappa shape index (κ3) is 22.5. The molecule has 0 fully saturated rings. The second-order valence-corrected chi connectivity index (χ2v) is 9.16. The van der Waals surface area contributed by atoms with Gasteiger partial charge in [0, 0.05) is 18.9 Å². The lowest BCUT2D eigenvalue weighted by atomic mass is 10.3. The molecule has 0 rings (SSSR count). The summed E-state index contributed by atoms with van der Waals surface area (Å²) in [5.74, 6) is -1.41. The zero-order valence-electron chi connectivity index (χ0n) is 16.5. The molecule has 154 valence electrons. The molecule has 0 aromatic rings. The molecule has 0 aliphatic carbocycles. The Bertz CT molecular complexity index is 551. The summed E-state index contributed by atoms with van der Waals surface area (Å²) in [5.41, 5.74) is 0. The number of carbonyl (C=O) groups excluding carboxylic acids is 1. The Balaban J connectivity index is 0. The molecule has 0 aliphatic heterocycles. The van der Waals surface area contributed by atoms with Crippen LogP contribution < -0.4 is 0 Å². The van der Waals surface area contributed by atoms with Crippen LogP contribution in [0, 0.1) is 0 Å². The van der Waals surface area contributed by atoms with Gasteiger partial charge in [0.15, 0.2) is 6.54 Å². The molecule has 0 saturated carbocycles. The largest absolute Gasteiger partial charge is 0.477 e. The Labute approximate surface area is 156 Å². The first kappa shape index (κ1) is 26.7. The van der Waals surface area contributed by atoms with Crippen molar-refractivity contribution < 1.29 is 41.4 Å². The number of ether oxygens (including phenoxy) is 1. The number of carboxylic acids is 1. The first-order valence-electron chi connectivity index (χ1n) is 8.16. The summed E-state index contributed by atoms with van der Waals surface area (Å²) < 4.78 is 35.7. The van der Waals surface area contributed by atoms with Gasteiger partial charge in [-0.25, -0.2) is 9.59 Å². The maximum atomic E-state index is 10.8. The molecule has 9 nitrogen and oxygen atoms in total. The third-order valence-corrected chi connectivity index (χ3v) is 3.90. The van der Waals surface area contributed by atoms with Crippen molar-refractivity contribution in [2.75, 3.05) is 67.2 Å². The average molecular weight is 399 g/mol. The molecule has 0 unspecified atom stereocenters. The van der Waals surface area contributed by atoms with E-state index in [0.29, 0.717) is 35.0 Å². The van der Waals surface area contributed by atoms with Gasteiger partial charge in [0.2, 0.25) is 0 Å². The number of quaternary nitrogens is 2. The zero-order chi connectivity index (χ0) is 21.0. The topological polar surface area (TPSA) is 118 Å². The standard InChI is InChI=1S/C11H21NO5S.C5H11NO2/c1-4-11(13)17-9-5-7-12(2,3)8-6-10-18(14,15)16;1-6(2,3)4-5(7)8/h4H,1,5-10H2,2-3H3;4H2,1-3H3/p+2. The summed E-state index contributed by atoms with van der Waals surface area (Å²) in [6, 6.07) is 0. The van der Waals surface area contributed by atoms with Crippen LogP contribution in [0.2, 0.25) is 0 Å². The maximum absolute atomic E-state index is 10.8. The molecule has 0 aromatic carbocycles. The molecular formula is C16H34N2O7S+2. The van der Waals surface area contributed by atoms with Crippen molar-refractivity contribution in [1.82, 2.24) is 0 Å². The van der Waals surface area contributed by atoms with E-state index in [2.05, 4.69) is 6.58 Å². The Hall–Kier alpha value is -1.49. The van der Waals surface area contributed by atoms with Gasteiger partial charge < -0.3 is 18.8 Å². The molecule has 2 N–H and O–H groups in total. The second kappa shape index (κ2) is 12.0. The second-order valence-electron chi connectivity index (χ2n) is 7.59. The number of likely N-dealkylation sites (N-methyl/N-ethyl adjacent to an activating group) is 1. The highest BCUT2D eigenvalue weighted by Crippen LogP contribution is 2.03. The van der Waals surface area contributed by atoms with Gasteiger partial charge in [0.25, 0.3) is 10.1 Å². The van der Waals surface area contributed by atoms with Crippen LogP contribution in [0.25, 0.3) is 0 Å². The SMILES string of the molecule is C=CC(=O)OCCC[N+](C)(C)CCCS(=O)(=O)O.C[N+](C)(C)CC(=O)O. The fraction of sp³-hybridized carbons (Fsp3) is 0.750. The average Bonchev–Trinajstić information content (AvgIpc) is 2.39. The van der Waals surface area contributed by atoms with E-state index < -0.39 is 22.1 Å². The molecule has 0 bridgehead atoms. The molecule has 26 heavy (non-hydrogen) atoms. The Morgan fingerprint density at radius 1 is 1.08 bits per heavy atom. The monoisotopic (exact) mass is 398 g/mol. The number of carboxylic acid groups (broad SMARTS) is 1. The van der Waals surface area contributed by atoms with Crippen molar-refractivity contribution >= 4 is 22.1 Å². The van der Waals surface area contributed by atoms with Gasteiger partial charge in [0.05, 0.1) is 60.7 Å². The van der Waals surface area contributed by atoms with Gasteiger partial charge in [-0.1, -0.05) is 6.58 Å². The molecule has 0 amide bonds. The highest BCUT2D eigenvalue weighted by molar-refractivity contribution is 7.85. The minimum absolute atomic E-state index is 0.181. The third-order valence-electron chi connectivity index (χ3n) is 3.09. The highest BCUT2D eigenvalue weighted by Gasteiger charge is 2.16. The van der Waals surface area contributed by atoms with Crippen molar-refractivity contribution in [3.63, 3.8) is 0 Å². The van der Waals surface area contributed by atoms with Crippen LogP contribution in [0.3, 0.4) is 0 Å². The summed E-state index contributed by atoms with van der Waals surface area (Å²) in [5, 5.41) is 8.23. The number of aliphatic carboxylic acids is 1. The van der Waals surface area contributed by atoms with Gasteiger partial charge in [-0.2, -0.15) is 8.42 Å². The van der Waals surface area contributed by atoms with E-state index >= 15 is 0 Å². The lowest BCUT2D eigenvalue weighted by Crippen LogP contribution is -2.42. The van der Waals surface area contributed by atoms with E-state index in [1.165, 1.54) is 0 Å². The molecule has 10 heteroatoms. The minimum Gasteiger partial charge on any atom is -0.477 e. The summed E-state index contributed by atoms with van der Waals surface area (Å²) in [6.45, 7) is 5.19. The van der Waals surface area contributed by atoms with Crippen LogP contribution in [0.15, 0.2) is 12.7 Å². The van der Waals surface area contributed by atoms with E-state index in [4.69, 9.17) is 14.4 Å². The van der Waals surface area contributed by atoms with Gasteiger partial charge >= 0.3 is 11.9 Å². The quantitative estimate of drug-likeness (QED) is 0.168. The molecule has 0 saturated heterocycles. The number of nitrogens with zero attached hydrogens (tertiary/aromatic N) is 2. The number of esters is 1. The lowest BCUT2D eigenvalue weighted by molar-refractivity contribution is -0.890. The van der Waals surface area contributed by atoms with Crippen LogP contribution >= 0.6 is 0 Å². The minimum atomic E-state index is -3.88. The fourth-order valence-electron chi connectivity index (χ4n) is 1.92. The van der Waals surface area contributed by atoms with Crippen molar-refractivity contribution in [3.8, 4) is 0 Å². The number of hydrogen-bond acceptors (Lipinski definition) is 5. The van der Waals surface area contributed by atoms with Crippen molar-refractivity contribution in [1.29, 1.82) is 0 Å². The van der Waals surface area contributed by atoms with Gasteiger partial charge in [-0.3, -0.25) is 4.55 Å². The van der Waals surface area contributed by atoms with Gasteiger partial charge in [-0.15, -0.1) is 0 Å². The Kier molecular flexibility index (Phi) is 12.3. The van der Waals surface area contributed by atoms with Crippen molar-refractivity contribution in [2.45, 2.75) is 12.8 Å². The van der Waals surface area contributed by atoms with Crippen LogP contribution in [0.1, 0.15) is 12.8 Å². The summed E-state index contributed by atoms with van der Waals surface area (Å²) in [4.78, 5) is 20.8. The predicted octanol–water partition coefficient (Wildman–Crippen LogP) is 0.237. The molecule has 0 aromatic heterocycles. The molecule has 0 heterocycles. The summed E-state index contributed by atoms with van der Waals surface area (Å²) in [6.07, 6.45) is 2.21. The number of hydrogen-bond donors (Lipinski definition) is 2. The maximum Gasteiger partial charge on any atom is 0.359 e. The van der Waals surface area contributed by atoms with Gasteiger partial charge in [-0.05, 0) is 0 Å². The Morgan fingerprint density at radius 2 is 1.58 bits per heavy atom. The molecule has 0 spiro atoms. The van der Waals surface area contributed by atoms with Crippen LogP contribution in [-0.2, 0) is 24.4 Å². The molecule has 0 radical (unpaired) electrons. The van der Waals surface area contributed by atoms with Crippen LogP contribution in [0.4, 0.5) is 0 Å². The molecule has 0 atom stereocenters. The fourth-order valence-corrected chi connectivity index (χ4v) is 2.41. The van der Waals surface area contributed by atoms with E-state index in [1.54, 1.807) is 0 Å². The predicted molar refractivity (Wildman–Crippen MR) is 99.2 cm³/mol. The van der Waals surface area contributed by atoms with Gasteiger partial charge in [0.1, 0.15) is 0 Å². The normalized spacial score (nSPS) is 11.9. The first-order chi connectivity index (χ1) is 11.6. The highest BCUT2D eigenvalue weighted by atomic mass is 32.2. The smallest absolute Gasteiger partial charge is 0.359 e. The van der Waals surface area contributed by atoms with Crippen molar-refractivity contribution in [3.05, 3.63) is 12.7 Å². The summed E-state index contributed by atoms with van der Waals surface area (Å²) >= 11 is 0. The van der Waals surface area contributed by atoms with Crippen LogP contribution in [0.5, 0.6) is 0 Å². The lowest BCUT2D eigenvalue weighted by Gasteiger charge is -2.29. The van der Waals surface area contributed by atoms with E-state index in [9.17, 15) is 18.0 Å². The van der Waals surface area contributed by atoms with Crippen molar-refractivity contribution in [2.24, 2.45) is 0 Å². The molecular weight excluding hydrogens is 364 g/mol. The Morgan fingerprint density at radius 3 is 1.92 bits per heavy atom. The molecule has 0 aliphatic rings.